The van der Waals surface area contributed by atoms with Gasteiger partial charge < -0.3 is 9.80 Å². The van der Waals surface area contributed by atoms with Gasteiger partial charge in [-0.25, -0.2) is 4.98 Å². The third kappa shape index (κ3) is 1.82. The Labute approximate surface area is 103 Å². The summed E-state index contributed by atoms with van der Waals surface area (Å²) in [5.74, 6) is 0.150. The first-order chi connectivity index (χ1) is 8.25. The molecule has 1 aromatic heterocycles. The monoisotopic (exact) mass is 251 g/mol. The molecule has 2 fully saturated rings. The predicted octanol–water partition coefficient (Wildman–Crippen LogP) is 0.476. The van der Waals surface area contributed by atoms with Crippen LogP contribution in [0.5, 0.6) is 0 Å². The smallest absolute Gasteiger partial charge is 0.246 e. The van der Waals surface area contributed by atoms with E-state index in [1.165, 1.54) is 11.3 Å². The number of nitrogens with zero attached hydrogens (tertiary/aromatic N) is 3. The highest BCUT2D eigenvalue weighted by Crippen LogP contribution is 2.24. The Morgan fingerprint density at radius 2 is 2.35 bits per heavy atom. The number of carbonyl (C=O) groups excluding carboxylic acids is 2. The molecule has 0 spiro atoms. The van der Waals surface area contributed by atoms with Crippen molar-refractivity contribution in [2.75, 3.05) is 13.1 Å². The number of fused-ring (bicyclic) bond motifs is 1. The van der Waals surface area contributed by atoms with Crippen LogP contribution in [0.2, 0.25) is 0 Å². The largest absolute Gasteiger partial charge is 0.329 e. The van der Waals surface area contributed by atoms with Gasteiger partial charge in [0.1, 0.15) is 12.6 Å². The standard InChI is InChI=1S/C11H13N3O2S/c15-10-5-13(4-8-6-17-7-12-8)11(16)9-2-1-3-14(9)10/h6-7,9H,1-5H2. The molecule has 2 aliphatic rings. The molecule has 2 aliphatic heterocycles. The normalized spacial score (nSPS) is 24.4. The average Bonchev–Trinajstić information content (AvgIpc) is 2.96. The van der Waals surface area contributed by atoms with Gasteiger partial charge in [-0.1, -0.05) is 0 Å². The molecule has 1 atom stereocenters. The predicted molar refractivity (Wildman–Crippen MR) is 62.3 cm³/mol. The van der Waals surface area contributed by atoms with E-state index in [1.54, 1.807) is 15.3 Å². The van der Waals surface area contributed by atoms with E-state index in [-0.39, 0.29) is 24.4 Å². The lowest BCUT2D eigenvalue weighted by Gasteiger charge is -2.36. The molecule has 2 saturated heterocycles. The van der Waals surface area contributed by atoms with Gasteiger partial charge in [0, 0.05) is 11.9 Å². The minimum Gasteiger partial charge on any atom is -0.329 e. The highest BCUT2D eigenvalue weighted by atomic mass is 32.1. The summed E-state index contributed by atoms with van der Waals surface area (Å²) in [5.41, 5.74) is 2.61. The van der Waals surface area contributed by atoms with Gasteiger partial charge >= 0.3 is 0 Å². The Balaban J connectivity index is 1.77. The summed E-state index contributed by atoms with van der Waals surface area (Å²) < 4.78 is 0. The molecule has 6 heteroatoms. The Kier molecular flexibility index (Phi) is 2.58. The van der Waals surface area contributed by atoms with Crippen LogP contribution in [-0.2, 0) is 16.1 Å². The molecule has 1 unspecified atom stereocenters. The molecule has 5 nitrogen and oxygen atoms in total. The lowest BCUT2D eigenvalue weighted by atomic mass is 10.1. The molecule has 1 aromatic rings. The van der Waals surface area contributed by atoms with Crippen molar-refractivity contribution in [2.24, 2.45) is 0 Å². The van der Waals surface area contributed by atoms with Gasteiger partial charge in [0.25, 0.3) is 0 Å². The van der Waals surface area contributed by atoms with E-state index in [2.05, 4.69) is 4.98 Å². The van der Waals surface area contributed by atoms with Crippen LogP contribution in [0, 0.1) is 0 Å². The van der Waals surface area contributed by atoms with E-state index in [4.69, 9.17) is 0 Å². The quantitative estimate of drug-likeness (QED) is 0.768. The van der Waals surface area contributed by atoms with Crippen LogP contribution in [0.3, 0.4) is 0 Å². The van der Waals surface area contributed by atoms with Crippen molar-refractivity contribution in [2.45, 2.75) is 25.4 Å². The summed E-state index contributed by atoms with van der Waals surface area (Å²) in [6, 6.07) is -0.213. The summed E-state index contributed by atoms with van der Waals surface area (Å²) in [6.45, 7) is 1.39. The number of thiazole rings is 1. The summed E-state index contributed by atoms with van der Waals surface area (Å²) in [4.78, 5) is 31.6. The topological polar surface area (TPSA) is 53.5 Å². The summed E-state index contributed by atoms with van der Waals surface area (Å²) in [6.07, 6.45) is 1.74. The number of hydrogen-bond acceptors (Lipinski definition) is 4. The zero-order valence-electron chi connectivity index (χ0n) is 9.33. The van der Waals surface area contributed by atoms with E-state index in [9.17, 15) is 9.59 Å². The minimum absolute atomic E-state index is 0.0716. The van der Waals surface area contributed by atoms with Gasteiger partial charge in [-0.3, -0.25) is 9.59 Å². The summed E-state index contributed by atoms with van der Waals surface area (Å²) >= 11 is 1.51. The Morgan fingerprint density at radius 3 is 3.12 bits per heavy atom. The van der Waals surface area contributed by atoms with E-state index in [1.807, 2.05) is 5.38 Å². The zero-order valence-corrected chi connectivity index (χ0v) is 10.2. The lowest BCUT2D eigenvalue weighted by molar-refractivity contribution is -0.154. The molecule has 17 heavy (non-hydrogen) atoms. The molecule has 0 radical (unpaired) electrons. The highest BCUT2D eigenvalue weighted by molar-refractivity contribution is 7.07. The van der Waals surface area contributed by atoms with Gasteiger partial charge in [0.15, 0.2) is 0 Å². The molecule has 0 bridgehead atoms. The number of rotatable bonds is 2. The lowest BCUT2D eigenvalue weighted by Crippen LogP contribution is -2.56. The van der Waals surface area contributed by atoms with Gasteiger partial charge in [-0.2, -0.15) is 0 Å². The second-order valence-corrected chi connectivity index (χ2v) is 5.14. The number of amides is 2. The number of aromatic nitrogens is 1. The molecular weight excluding hydrogens is 238 g/mol. The number of hydrogen-bond donors (Lipinski definition) is 0. The Hall–Kier alpha value is -1.43. The van der Waals surface area contributed by atoms with Crippen LogP contribution in [0.15, 0.2) is 10.9 Å². The third-order valence-corrected chi connectivity index (χ3v) is 3.97. The summed E-state index contributed by atoms with van der Waals surface area (Å²) in [5, 5.41) is 1.92. The van der Waals surface area contributed by atoms with E-state index in [0.29, 0.717) is 6.54 Å². The molecule has 2 amide bonds. The average molecular weight is 251 g/mol. The van der Waals surface area contributed by atoms with Crippen LogP contribution in [0.1, 0.15) is 18.5 Å². The fourth-order valence-corrected chi connectivity index (χ4v) is 3.06. The number of piperazine rings is 1. The summed E-state index contributed by atoms with van der Waals surface area (Å²) in [7, 11) is 0. The first-order valence-corrected chi connectivity index (χ1v) is 6.65. The molecule has 3 heterocycles. The molecular formula is C11H13N3O2S. The maximum atomic E-state index is 12.2. The second-order valence-electron chi connectivity index (χ2n) is 4.42. The molecule has 0 aliphatic carbocycles. The van der Waals surface area contributed by atoms with Gasteiger partial charge in [0.05, 0.1) is 17.7 Å². The van der Waals surface area contributed by atoms with Crippen molar-refractivity contribution in [1.29, 1.82) is 0 Å². The van der Waals surface area contributed by atoms with Crippen molar-refractivity contribution < 1.29 is 9.59 Å². The number of carbonyl (C=O) groups is 2. The van der Waals surface area contributed by atoms with E-state index < -0.39 is 0 Å². The zero-order chi connectivity index (χ0) is 11.8. The Morgan fingerprint density at radius 1 is 1.47 bits per heavy atom. The van der Waals surface area contributed by atoms with Gasteiger partial charge in [-0.05, 0) is 12.8 Å². The van der Waals surface area contributed by atoms with Gasteiger partial charge in [-0.15, -0.1) is 11.3 Å². The first-order valence-electron chi connectivity index (χ1n) is 5.71. The van der Waals surface area contributed by atoms with Crippen molar-refractivity contribution in [3.63, 3.8) is 0 Å². The van der Waals surface area contributed by atoms with Gasteiger partial charge in [0.2, 0.25) is 11.8 Å². The van der Waals surface area contributed by atoms with Crippen molar-refractivity contribution in [3.8, 4) is 0 Å². The van der Waals surface area contributed by atoms with Crippen LogP contribution in [0.25, 0.3) is 0 Å². The maximum absolute atomic E-state index is 12.2. The molecule has 0 aromatic carbocycles. The van der Waals surface area contributed by atoms with Crippen molar-refractivity contribution >= 4 is 23.2 Å². The molecule has 90 valence electrons. The minimum atomic E-state index is -0.213. The maximum Gasteiger partial charge on any atom is 0.246 e. The molecule has 0 N–H and O–H groups in total. The van der Waals surface area contributed by atoms with Crippen LogP contribution < -0.4 is 0 Å². The first kappa shape index (κ1) is 10.7. The Bertz CT molecular complexity index is 446. The highest BCUT2D eigenvalue weighted by Gasteiger charge is 2.41. The van der Waals surface area contributed by atoms with E-state index >= 15 is 0 Å². The third-order valence-electron chi connectivity index (χ3n) is 3.33. The van der Waals surface area contributed by atoms with Crippen molar-refractivity contribution in [3.05, 3.63) is 16.6 Å². The second kappa shape index (κ2) is 4.10. The van der Waals surface area contributed by atoms with Crippen LogP contribution >= 0.6 is 11.3 Å². The van der Waals surface area contributed by atoms with Crippen molar-refractivity contribution in [1.82, 2.24) is 14.8 Å². The SMILES string of the molecule is O=C1C2CCCN2C(=O)CN1Cc1cscn1. The fourth-order valence-electron chi connectivity index (χ4n) is 2.51. The molecule has 0 saturated carbocycles. The fraction of sp³-hybridized carbons (Fsp3) is 0.545. The van der Waals surface area contributed by atoms with Crippen LogP contribution in [-0.4, -0.2) is 45.7 Å². The van der Waals surface area contributed by atoms with E-state index in [0.717, 1.165) is 25.1 Å². The van der Waals surface area contributed by atoms with Crippen LogP contribution in [0.4, 0.5) is 0 Å². The molecule has 3 rings (SSSR count).